The van der Waals surface area contributed by atoms with E-state index in [1.165, 1.54) is 0 Å². The van der Waals surface area contributed by atoms with Gasteiger partial charge in [0.1, 0.15) is 11.8 Å². The van der Waals surface area contributed by atoms with E-state index in [9.17, 15) is 39.5 Å². The minimum atomic E-state index is -5.08. The minimum Gasteiger partial charge on any atom is -0.247 e. The van der Waals surface area contributed by atoms with E-state index in [4.69, 9.17) is 5.26 Å². The van der Waals surface area contributed by atoms with Crippen molar-refractivity contribution in [3.8, 4) is 17.3 Å². The van der Waals surface area contributed by atoms with Gasteiger partial charge in [0.05, 0.1) is 16.7 Å². The molecule has 0 unspecified atom stereocenters. The summed E-state index contributed by atoms with van der Waals surface area (Å²) in [5, 5.41) is 18.1. The lowest BCUT2D eigenvalue weighted by Crippen LogP contribution is -2.11. The number of aromatic nitrogens is 3. The Morgan fingerprint density at radius 3 is 1.61 bits per heavy atom. The quantitative estimate of drug-likeness (QED) is 0.344. The van der Waals surface area contributed by atoms with E-state index in [0.717, 1.165) is 18.2 Å². The van der Waals surface area contributed by atoms with Crippen LogP contribution >= 0.6 is 0 Å². The van der Waals surface area contributed by atoms with Crippen molar-refractivity contribution in [2.45, 2.75) is 18.5 Å². The molecule has 0 fully saturated rings. The highest BCUT2D eigenvalue weighted by molar-refractivity contribution is 5.75. The molecule has 0 aliphatic carbocycles. The van der Waals surface area contributed by atoms with Gasteiger partial charge in [0.25, 0.3) is 0 Å². The highest BCUT2D eigenvalue weighted by atomic mass is 19.4. The van der Waals surface area contributed by atoms with Crippen molar-refractivity contribution in [3.63, 3.8) is 0 Å². The SMILES string of the molecule is N#Cc1[nH]nnc1-c1cc(/C=C/c2cc(C(F)(F)F)cc(C(F)(F)F)c2)cc(C(F)(F)F)c1. The van der Waals surface area contributed by atoms with E-state index in [2.05, 4.69) is 15.4 Å². The van der Waals surface area contributed by atoms with Crippen LogP contribution in [0.4, 0.5) is 39.5 Å². The fourth-order valence-electron chi connectivity index (χ4n) is 2.82. The monoisotopic (exact) mass is 476 g/mol. The first-order chi connectivity index (χ1) is 15.2. The molecule has 0 amide bonds. The summed E-state index contributed by atoms with van der Waals surface area (Å²) < 4.78 is 118. The van der Waals surface area contributed by atoms with Crippen LogP contribution in [0.25, 0.3) is 23.4 Å². The van der Waals surface area contributed by atoms with Gasteiger partial charge in [-0.2, -0.15) is 44.8 Å². The van der Waals surface area contributed by atoms with E-state index in [1.807, 2.05) is 0 Å². The van der Waals surface area contributed by atoms with Gasteiger partial charge in [-0.1, -0.05) is 17.4 Å². The summed E-state index contributed by atoms with van der Waals surface area (Å²) in [6, 6.07) is 4.92. The number of hydrogen-bond donors (Lipinski definition) is 1. The summed E-state index contributed by atoms with van der Waals surface area (Å²) in [7, 11) is 0. The maximum atomic E-state index is 13.3. The zero-order valence-corrected chi connectivity index (χ0v) is 15.9. The summed E-state index contributed by atoms with van der Waals surface area (Å²) in [5.74, 6) is 0. The topological polar surface area (TPSA) is 65.4 Å². The second-order valence-electron chi connectivity index (χ2n) is 6.66. The Morgan fingerprint density at radius 2 is 1.15 bits per heavy atom. The van der Waals surface area contributed by atoms with Crippen molar-refractivity contribution < 1.29 is 39.5 Å². The molecule has 33 heavy (non-hydrogen) atoms. The summed E-state index contributed by atoms with van der Waals surface area (Å²) in [6.45, 7) is 0. The predicted octanol–water partition coefficient (Wildman–Crippen LogP) is 6.57. The van der Waals surface area contributed by atoms with Gasteiger partial charge in [-0.25, -0.2) is 5.10 Å². The van der Waals surface area contributed by atoms with Crippen molar-refractivity contribution in [1.29, 1.82) is 5.26 Å². The second-order valence-corrected chi connectivity index (χ2v) is 6.66. The Hall–Kier alpha value is -3.82. The number of hydrogen-bond acceptors (Lipinski definition) is 3. The van der Waals surface area contributed by atoms with Gasteiger partial charge in [0, 0.05) is 5.56 Å². The lowest BCUT2D eigenvalue weighted by atomic mass is 10.00. The van der Waals surface area contributed by atoms with Gasteiger partial charge in [-0.3, -0.25) is 0 Å². The molecule has 4 nitrogen and oxygen atoms in total. The molecule has 0 radical (unpaired) electrons. The zero-order chi connectivity index (χ0) is 24.6. The number of nitrogens with one attached hydrogen (secondary N) is 1. The number of rotatable bonds is 3. The van der Waals surface area contributed by atoms with Crippen LogP contribution < -0.4 is 0 Å². The van der Waals surface area contributed by atoms with Crippen molar-refractivity contribution in [2.24, 2.45) is 0 Å². The second kappa shape index (κ2) is 8.27. The average molecular weight is 476 g/mol. The maximum absolute atomic E-state index is 13.3. The van der Waals surface area contributed by atoms with Crippen LogP contribution in [0.3, 0.4) is 0 Å². The number of alkyl halides is 9. The van der Waals surface area contributed by atoms with Gasteiger partial charge in [0.15, 0.2) is 5.69 Å². The zero-order valence-electron chi connectivity index (χ0n) is 15.9. The molecular weight excluding hydrogens is 467 g/mol. The fourth-order valence-corrected chi connectivity index (χ4v) is 2.82. The number of H-pyrrole nitrogens is 1. The van der Waals surface area contributed by atoms with Crippen molar-refractivity contribution >= 4 is 12.2 Å². The van der Waals surface area contributed by atoms with Gasteiger partial charge in [-0.05, 0) is 47.5 Å². The average Bonchev–Trinajstić information content (AvgIpc) is 3.19. The molecule has 0 spiro atoms. The smallest absolute Gasteiger partial charge is 0.247 e. The highest BCUT2D eigenvalue weighted by Gasteiger charge is 2.36. The van der Waals surface area contributed by atoms with Gasteiger partial charge < -0.3 is 0 Å². The van der Waals surface area contributed by atoms with Crippen molar-refractivity contribution in [1.82, 2.24) is 15.4 Å². The van der Waals surface area contributed by atoms with E-state index < -0.39 is 40.8 Å². The van der Waals surface area contributed by atoms with Crippen LogP contribution in [0.5, 0.6) is 0 Å². The molecule has 1 N–H and O–H groups in total. The molecule has 0 aliphatic heterocycles. The van der Waals surface area contributed by atoms with Crippen LogP contribution in [0, 0.1) is 11.3 Å². The number of aromatic amines is 1. The first kappa shape index (κ1) is 23.8. The summed E-state index contributed by atoms with van der Waals surface area (Å²) in [4.78, 5) is 0. The minimum absolute atomic E-state index is 0.0618. The molecule has 0 saturated carbocycles. The molecule has 0 aliphatic rings. The maximum Gasteiger partial charge on any atom is 0.416 e. The summed E-state index contributed by atoms with van der Waals surface area (Å²) >= 11 is 0. The van der Waals surface area contributed by atoms with Gasteiger partial charge in [-0.15, -0.1) is 5.10 Å². The third-order valence-corrected chi connectivity index (χ3v) is 4.29. The van der Waals surface area contributed by atoms with Crippen LogP contribution in [-0.2, 0) is 18.5 Å². The Kier molecular flexibility index (Phi) is 5.97. The predicted molar refractivity (Wildman–Crippen MR) is 96.9 cm³/mol. The standard InChI is InChI=1S/C20H9F9N4/c21-18(22,23)13-4-10(3-12(7-13)17-16(9-30)31-33-32-17)1-2-11-5-14(19(24,25)26)8-15(6-11)20(27,28)29/h1-8H,(H,31,32,33)/b2-1+. The van der Waals surface area contributed by atoms with E-state index in [0.29, 0.717) is 24.3 Å². The van der Waals surface area contributed by atoms with Crippen LogP contribution in [0.1, 0.15) is 33.5 Å². The van der Waals surface area contributed by atoms with Crippen LogP contribution in [0.2, 0.25) is 0 Å². The van der Waals surface area contributed by atoms with Gasteiger partial charge in [0.2, 0.25) is 0 Å². The van der Waals surface area contributed by atoms with E-state index >= 15 is 0 Å². The Labute approximate surface area is 179 Å². The lowest BCUT2D eigenvalue weighted by Gasteiger charge is -2.13. The van der Waals surface area contributed by atoms with Crippen LogP contribution in [0.15, 0.2) is 36.4 Å². The van der Waals surface area contributed by atoms with Crippen molar-refractivity contribution in [2.75, 3.05) is 0 Å². The summed E-state index contributed by atoms with van der Waals surface area (Å²) in [6.07, 6.45) is -13.3. The molecule has 3 rings (SSSR count). The first-order valence-electron chi connectivity index (χ1n) is 8.70. The lowest BCUT2D eigenvalue weighted by molar-refractivity contribution is -0.143. The largest absolute Gasteiger partial charge is 0.416 e. The molecule has 0 atom stereocenters. The number of halogens is 9. The van der Waals surface area contributed by atoms with E-state index in [-0.39, 0.29) is 28.6 Å². The first-order valence-corrected chi connectivity index (χ1v) is 8.70. The molecule has 13 heteroatoms. The Morgan fingerprint density at radius 1 is 0.697 bits per heavy atom. The third kappa shape index (κ3) is 5.51. The number of benzene rings is 2. The summed E-state index contributed by atoms with van der Waals surface area (Å²) in [5.41, 5.74) is -5.69. The molecule has 3 aromatic rings. The molecule has 1 heterocycles. The molecule has 172 valence electrons. The van der Waals surface area contributed by atoms with Crippen molar-refractivity contribution in [3.05, 3.63) is 69.9 Å². The number of nitrogens with zero attached hydrogens (tertiary/aromatic N) is 3. The third-order valence-electron chi connectivity index (χ3n) is 4.29. The Bertz CT molecular complexity index is 1210. The molecule has 1 aromatic heterocycles. The molecular formula is C20H9F9N4. The van der Waals surface area contributed by atoms with Crippen LogP contribution in [-0.4, -0.2) is 15.4 Å². The normalized spacial score (nSPS) is 12.8. The molecule has 0 saturated heterocycles. The highest BCUT2D eigenvalue weighted by Crippen LogP contribution is 2.37. The fraction of sp³-hybridized carbons (Fsp3) is 0.150. The number of nitriles is 1. The Balaban J connectivity index is 2.12. The van der Waals surface area contributed by atoms with E-state index in [1.54, 1.807) is 6.07 Å². The molecule has 2 aromatic carbocycles. The molecule has 0 bridgehead atoms. The van der Waals surface area contributed by atoms with Gasteiger partial charge >= 0.3 is 18.5 Å².